The molecule has 0 amide bonds. The smallest absolute Gasteiger partial charge is 0.103 e. The van der Waals surface area contributed by atoms with Crippen LogP contribution in [0.25, 0.3) is 0 Å². The van der Waals surface area contributed by atoms with Gasteiger partial charge < -0.3 is 11.1 Å². The lowest BCUT2D eigenvalue weighted by atomic mass is 9.73. The number of nitrogens with one attached hydrogen (secondary N) is 1. The molecule has 1 aromatic carbocycles. The van der Waals surface area contributed by atoms with Crippen LogP contribution in [0.4, 0.5) is 5.69 Å². The average Bonchev–Trinajstić information content (AvgIpc) is 2.32. The number of rotatable bonds is 3. The van der Waals surface area contributed by atoms with E-state index in [0.29, 0.717) is 16.4 Å². The molecule has 1 aromatic rings. The largest absolute Gasteiger partial charge is 0.389 e. The van der Waals surface area contributed by atoms with E-state index < -0.39 is 0 Å². The molecule has 1 unspecified atom stereocenters. The number of hydrogen-bond acceptors (Lipinski definition) is 2. The van der Waals surface area contributed by atoms with Gasteiger partial charge in [0.05, 0.1) is 0 Å². The van der Waals surface area contributed by atoms with E-state index in [2.05, 4.69) is 31.3 Å². The van der Waals surface area contributed by atoms with Gasteiger partial charge >= 0.3 is 0 Å². The Hall–Kier alpha value is -1.09. The van der Waals surface area contributed by atoms with Crippen molar-refractivity contribution in [3.63, 3.8) is 0 Å². The highest BCUT2D eigenvalue weighted by molar-refractivity contribution is 7.80. The van der Waals surface area contributed by atoms with Gasteiger partial charge in [-0.25, -0.2) is 0 Å². The molecule has 0 spiro atoms. The van der Waals surface area contributed by atoms with E-state index in [1.54, 1.807) is 0 Å². The van der Waals surface area contributed by atoms with Crippen molar-refractivity contribution >= 4 is 22.9 Å². The van der Waals surface area contributed by atoms with Gasteiger partial charge in [0.15, 0.2) is 0 Å². The van der Waals surface area contributed by atoms with Gasteiger partial charge in [-0.05, 0) is 42.5 Å². The monoisotopic (exact) mass is 262 g/mol. The molecule has 0 bridgehead atoms. The summed E-state index contributed by atoms with van der Waals surface area (Å²) in [5.41, 5.74) is 8.07. The lowest BCUT2D eigenvalue weighted by Gasteiger charge is -2.39. The Labute approximate surface area is 115 Å². The molecule has 0 radical (unpaired) electrons. The van der Waals surface area contributed by atoms with Crippen molar-refractivity contribution in [2.45, 2.75) is 45.6 Å². The average molecular weight is 262 g/mol. The van der Waals surface area contributed by atoms with Crippen LogP contribution in [0.15, 0.2) is 24.3 Å². The maximum absolute atomic E-state index is 5.60. The first-order chi connectivity index (χ1) is 8.49. The van der Waals surface area contributed by atoms with Crippen molar-refractivity contribution in [2.24, 2.45) is 11.1 Å². The minimum Gasteiger partial charge on any atom is -0.389 e. The SMILES string of the molecule is CC1(C)CCCCC1Nc1ccc(C(N)=S)cc1. The number of hydrogen-bond donors (Lipinski definition) is 2. The van der Waals surface area contributed by atoms with Gasteiger partial charge in [-0.3, -0.25) is 0 Å². The standard InChI is InChI=1S/C15H22N2S/c1-15(2)10-4-3-5-13(15)17-12-8-6-11(7-9-12)14(16)18/h6-9,13,17H,3-5,10H2,1-2H3,(H2,16,18). The number of thiocarbonyl (C=S) groups is 1. The predicted octanol–water partition coefficient (Wildman–Crippen LogP) is 3.70. The number of nitrogens with two attached hydrogens (primary N) is 1. The first kappa shape index (κ1) is 13.3. The van der Waals surface area contributed by atoms with Crippen LogP contribution in [-0.2, 0) is 0 Å². The van der Waals surface area contributed by atoms with Gasteiger partial charge in [-0.1, -0.05) is 38.9 Å². The first-order valence-corrected chi connectivity index (χ1v) is 7.06. The molecule has 1 fully saturated rings. The Morgan fingerprint density at radius 1 is 1.28 bits per heavy atom. The van der Waals surface area contributed by atoms with E-state index in [9.17, 15) is 0 Å². The van der Waals surface area contributed by atoms with Crippen LogP contribution in [0.2, 0.25) is 0 Å². The molecule has 2 rings (SSSR count). The molecule has 1 aliphatic rings. The highest BCUT2D eigenvalue weighted by Gasteiger charge is 2.31. The van der Waals surface area contributed by atoms with Crippen LogP contribution in [0.5, 0.6) is 0 Å². The number of anilines is 1. The normalized spacial score (nSPS) is 22.4. The van der Waals surface area contributed by atoms with Gasteiger partial charge in [-0.15, -0.1) is 0 Å². The molecule has 1 aliphatic carbocycles. The van der Waals surface area contributed by atoms with E-state index in [1.807, 2.05) is 12.1 Å². The third-order valence-corrected chi connectivity index (χ3v) is 4.25. The topological polar surface area (TPSA) is 38.0 Å². The molecule has 0 saturated heterocycles. The quantitative estimate of drug-likeness (QED) is 0.816. The summed E-state index contributed by atoms with van der Waals surface area (Å²) in [5.74, 6) is 0. The Morgan fingerprint density at radius 3 is 2.50 bits per heavy atom. The zero-order chi connectivity index (χ0) is 13.2. The van der Waals surface area contributed by atoms with Gasteiger partial charge in [0.25, 0.3) is 0 Å². The summed E-state index contributed by atoms with van der Waals surface area (Å²) in [6.07, 6.45) is 5.23. The van der Waals surface area contributed by atoms with Crippen LogP contribution < -0.4 is 11.1 Å². The summed E-state index contributed by atoms with van der Waals surface area (Å²) in [6.45, 7) is 4.71. The van der Waals surface area contributed by atoms with Crippen molar-refractivity contribution in [2.75, 3.05) is 5.32 Å². The fourth-order valence-corrected chi connectivity index (χ4v) is 2.83. The molecule has 0 aromatic heterocycles. The molecule has 0 aliphatic heterocycles. The summed E-state index contributed by atoms with van der Waals surface area (Å²) in [5, 5.41) is 3.65. The summed E-state index contributed by atoms with van der Waals surface area (Å²) < 4.78 is 0. The van der Waals surface area contributed by atoms with Crippen LogP contribution in [-0.4, -0.2) is 11.0 Å². The first-order valence-electron chi connectivity index (χ1n) is 6.65. The maximum atomic E-state index is 5.60. The van der Waals surface area contributed by atoms with E-state index in [4.69, 9.17) is 18.0 Å². The Kier molecular flexibility index (Phi) is 3.91. The Balaban J connectivity index is 2.06. The van der Waals surface area contributed by atoms with Gasteiger partial charge in [0.1, 0.15) is 4.99 Å². The minimum absolute atomic E-state index is 0.375. The summed E-state index contributed by atoms with van der Waals surface area (Å²) in [7, 11) is 0. The van der Waals surface area contributed by atoms with Crippen molar-refractivity contribution in [1.29, 1.82) is 0 Å². The van der Waals surface area contributed by atoms with Crippen molar-refractivity contribution in [3.8, 4) is 0 Å². The third-order valence-electron chi connectivity index (χ3n) is 4.02. The summed E-state index contributed by atoms with van der Waals surface area (Å²) in [4.78, 5) is 0.458. The fraction of sp³-hybridized carbons (Fsp3) is 0.533. The second kappa shape index (κ2) is 5.27. The van der Waals surface area contributed by atoms with Crippen LogP contribution in [0.3, 0.4) is 0 Å². The molecular weight excluding hydrogens is 240 g/mol. The van der Waals surface area contributed by atoms with Crippen LogP contribution >= 0.6 is 12.2 Å². The number of benzene rings is 1. The fourth-order valence-electron chi connectivity index (χ4n) is 2.69. The van der Waals surface area contributed by atoms with E-state index >= 15 is 0 Å². The van der Waals surface area contributed by atoms with Crippen LogP contribution in [0, 0.1) is 5.41 Å². The molecule has 18 heavy (non-hydrogen) atoms. The van der Waals surface area contributed by atoms with Gasteiger partial charge in [0.2, 0.25) is 0 Å². The summed E-state index contributed by atoms with van der Waals surface area (Å²) >= 11 is 4.96. The molecule has 3 heteroatoms. The maximum Gasteiger partial charge on any atom is 0.103 e. The third kappa shape index (κ3) is 3.02. The zero-order valence-corrected chi connectivity index (χ0v) is 12.0. The van der Waals surface area contributed by atoms with E-state index in [1.165, 1.54) is 25.7 Å². The second-order valence-corrected chi connectivity index (χ2v) is 6.31. The minimum atomic E-state index is 0.375. The lowest BCUT2D eigenvalue weighted by Crippen LogP contribution is -2.38. The molecular formula is C15H22N2S. The van der Waals surface area contributed by atoms with Gasteiger partial charge in [0, 0.05) is 17.3 Å². The molecule has 3 N–H and O–H groups in total. The Bertz CT molecular complexity index is 423. The molecule has 1 saturated carbocycles. The lowest BCUT2D eigenvalue weighted by molar-refractivity contribution is 0.217. The van der Waals surface area contributed by atoms with Gasteiger partial charge in [-0.2, -0.15) is 0 Å². The van der Waals surface area contributed by atoms with Crippen LogP contribution in [0.1, 0.15) is 45.1 Å². The molecule has 1 atom stereocenters. The molecule has 98 valence electrons. The molecule has 2 nitrogen and oxygen atoms in total. The van der Waals surface area contributed by atoms with E-state index in [0.717, 1.165) is 11.3 Å². The van der Waals surface area contributed by atoms with Crippen molar-refractivity contribution in [3.05, 3.63) is 29.8 Å². The highest BCUT2D eigenvalue weighted by Crippen LogP contribution is 2.37. The molecule has 0 heterocycles. The van der Waals surface area contributed by atoms with E-state index in [-0.39, 0.29) is 0 Å². The zero-order valence-electron chi connectivity index (χ0n) is 11.2. The second-order valence-electron chi connectivity index (χ2n) is 5.87. The summed E-state index contributed by atoms with van der Waals surface area (Å²) in [6, 6.07) is 8.67. The van der Waals surface area contributed by atoms with Crippen molar-refractivity contribution in [1.82, 2.24) is 0 Å². The predicted molar refractivity (Wildman–Crippen MR) is 82.0 cm³/mol. The van der Waals surface area contributed by atoms with Crippen molar-refractivity contribution < 1.29 is 0 Å². The highest BCUT2D eigenvalue weighted by atomic mass is 32.1. The Morgan fingerprint density at radius 2 is 1.94 bits per heavy atom.